The molecule has 0 bridgehead atoms. The van der Waals surface area contributed by atoms with Crippen molar-refractivity contribution in [2.24, 2.45) is 0 Å². The molecule has 0 saturated carbocycles. The monoisotopic (exact) mass is 378 g/mol. The fourth-order valence-corrected chi connectivity index (χ4v) is 1.36. The molecule has 0 aromatic carbocycles. The van der Waals surface area contributed by atoms with Gasteiger partial charge in [0.1, 0.15) is 0 Å². The lowest BCUT2D eigenvalue weighted by atomic mass is 10.6. The smallest absolute Gasteiger partial charge is 0.339 e. The van der Waals surface area contributed by atoms with Gasteiger partial charge in [0, 0.05) is 0 Å². The van der Waals surface area contributed by atoms with Gasteiger partial charge in [0.2, 0.25) is 17.0 Å². The SMILES string of the molecule is Clc1nc(OC(Cl)(Cl)Cl)cc(OC(Cl)(Cl)Cl)n1. The van der Waals surface area contributed by atoms with Crippen molar-refractivity contribution >= 4 is 81.2 Å². The van der Waals surface area contributed by atoms with Crippen molar-refractivity contribution in [1.29, 1.82) is 0 Å². The van der Waals surface area contributed by atoms with Crippen LogP contribution in [-0.2, 0) is 0 Å². The first-order chi connectivity index (χ1) is 7.55. The van der Waals surface area contributed by atoms with E-state index in [4.69, 9.17) is 90.7 Å². The van der Waals surface area contributed by atoms with Gasteiger partial charge < -0.3 is 9.47 Å². The van der Waals surface area contributed by atoms with E-state index in [0.717, 1.165) is 6.07 Å². The molecule has 0 atom stereocenters. The van der Waals surface area contributed by atoms with Crippen LogP contribution >= 0.6 is 81.2 Å². The second kappa shape index (κ2) is 5.78. The molecule has 96 valence electrons. The van der Waals surface area contributed by atoms with Gasteiger partial charge in [-0.3, -0.25) is 0 Å². The van der Waals surface area contributed by atoms with Gasteiger partial charge in [-0.2, -0.15) is 9.97 Å². The standard InChI is InChI=1S/C6HCl7N2O2/c7-4-14-2(16-5(8,9)10)1-3(15-4)17-6(11,12)13/h1H. The maximum Gasteiger partial charge on any atom is 0.339 e. The van der Waals surface area contributed by atoms with Crippen LogP contribution in [0.3, 0.4) is 0 Å². The normalized spacial score (nSPS) is 12.4. The van der Waals surface area contributed by atoms with Crippen LogP contribution in [-0.4, -0.2) is 17.9 Å². The van der Waals surface area contributed by atoms with E-state index in [-0.39, 0.29) is 17.0 Å². The summed E-state index contributed by atoms with van der Waals surface area (Å²) >= 11 is 37.9. The van der Waals surface area contributed by atoms with Gasteiger partial charge in [-0.05, 0) is 81.2 Å². The lowest BCUT2D eigenvalue weighted by Crippen LogP contribution is -2.16. The molecule has 0 fully saturated rings. The molecule has 0 saturated heterocycles. The van der Waals surface area contributed by atoms with E-state index in [9.17, 15) is 0 Å². The summed E-state index contributed by atoms with van der Waals surface area (Å²) in [4.78, 5) is 7.24. The quantitative estimate of drug-likeness (QED) is 0.557. The Bertz CT molecular complexity index is 368. The number of alkyl halides is 6. The predicted molar refractivity (Wildman–Crippen MR) is 68.9 cm³/mol. The molecule has 17 heavy (non-hydrogen) atoms. The summed E-state index contributed by atoms with van der Waals surface area (Å²) in [5, 5.41) is -0.235. The highest BCUT2D eigenvalue weighted by atomic mass is 35.6. The summed E-state index contributed by atoms with van der Waals surface area (Å²) in [6, 6.07) is 1.13. The largest absolute Gasteiger partial charge is 0.427 e. The molecular weight excluding hydrogens is 380 g/mol. The summed E-state index contributed by atoms with van der Waals surface area (Å²) < 4.78 is 5.54. The average molecular weight is 381 g/mol. The van der Waals surface area contributed by atoms with Crippen molar-refractivity contribution in [1.82, 2.24) is 9.97 Å². The van der Waals surface area contributed by atoms with Crippen LogP contribution in [0.4, 0.5) is 0 Å². The van der Waals surface area contributed by atoms with E-state index in [1.54, 1.807) is 0 Å². The Morgan fingerprint density at radius 1 is 0.824 bits per heavy atom. The zero-order valence-electron chi connectivity index (χ0n) is 7.43. The third-order valence-corrected chi connectivity index (χ3v) is 1.72. The molecule has 0 aliphatic rings. The first-order valence-electron chi connectivity index (χ1n) is 3.61. The molecule has 1 heterocycles. The van der Waals surface area contributed by atoms with E-state index < -0.39 is 7.96 Å². The molecule has 0 radical (unpaired) electrons. The van der Waals surface area contributed by atoms with Gasteiger partial charge >= 0.3 is 7.96 Å². The maximum absolute atomic E-state index is 5.57. The number of hydrogen-bond donors (Lipinski definition) is 0. The van der Waals surface area contributed by atoms with E-state index in [0.29, 0.717) is 0 Å². The molecule has 0 spiro atoms. The lowest BCUT2D eigenvalue weighted by molar-refractivity contribution is 0.286. The third-order valence-electron chi connectivity index (χ3n) is 1.09. The fourth-order valence-electron chi connectivity index (χ4n) is 0.719. The summed E-state index contributed by atoms with van der Waals surface area (Å²) in [7, 11) is 0. The summed E-state index contributed by atoms with van der Waals surface area (Å²) in [5.74, 6) is -0.316. The highest BCUT2D eigenvalue weighted by Gasteiger charge is 2.26. The van der Waals surface area contributed by atoms with Crippen LogP contribution < -0.4 is 9.47 Å². The number of ether oxygens (including phenoxy) is 2. The predicted octanol–water partition coefficient (Wildman–Crippen LogP) is 4.54. The van der Waals surface area contributed by atoms with Crippen molar-refractivity contribution < 1.29 is 9.47 Å². The van der Waals surface area contributed by atoms with E-state index >= 15 is 0 Å². The number of aromatic nitrogens is 2. The van der Waals surface area contributed by atoms with Crippen LogP contribution in [0.1, 0.15) is 0 Å². The molecule has 1 aromatic rings. The van der Waals surface area contributed by atoms with E-state index in [1.807, 2.05) is 0 Å². The molecule has 0 aliphatic heterocycles. The number of halogens is 7. The van der Waals surface area contributed by atoms with Crippen LogP contribution in [0, 0.1) is 0 Å². The summed E-state index contributed by atoms with van der Waals surface area (Å²) in [5.41, 5.74) is 0. The first-order valence-corrected chi connectivity index (χ1v) is 6.26. The third kappa shape index (κ3) is 7.01. The second-order valence-corrected chi connectivity index (χ2v) is 7.10. The van der Waals surface area contributed by atoms with Gasteiger partial charge in [-0.1, -0.05) is 0 Å². The maximum atomic E-state index is 5.57. The number of hydrogen-bond acceptors (Lipinski definition) is 4. The molecule has 0 N–H and O–H groups in total. The van der Waals surface area contributed by atoms with Gasteiger partial charge in [-0.25, -0.2) is 0 Å². The Morgan fingerprint density at radius 2 is 1.18 bits per heavy atom. The van der Waals surface area contributed by atoms with Crippen molar-refractivity contribution in [2.45, 2.75) is 7.96 Å². The summed E-state index contributed by atoms with van der Waals surface area (Å²) in [6.45, 7) is 0. The van der Waals surface area contributed by atoms with E-state index in [1.165, 1.54) is 0 Å². The minimum Gasteiger partial charge on any atom is -0.427 e. The highest BCUT2D eigenvalue weighted by Crippen LogP contribution is 2.33. The zero-order valence-corrected chi connectivity index (χ0v) is 12.7. The van der Waals surface area contributed by atoms with Crippen LogP contribution in [0.25, 0.3) is 0 Å². The minimum atomic E-state index is -2.02. The Balaban J connectivity index is 2.95. The zero-order chi connectivity index (χ0) is 13.3. The Morgan fingerprint density at radius 3 is 1.47 bits per heavy atom. The molecular formula is C6HCl7N2O2. The molecule has 11 heteroatoms. The van der Waals surface area contributed by atoms with Crippen molar-refractivity contribution in [3.63, 3.8) is 0 Å². The lowest BCUT2D eigenvalue weighted by Gasteiger charge is -2.15. The topological polar surface area (TPSA) is 44.2 Å². The highest BCUT2D eigenvalue weighted by molar-refractivity contribution is 6.66. The molecule has 1 aromatic heterocycles. The van der Waals surface area contributed by atoms with Crippen LogP contribution in [0.2, 0.25) is 5.28 Å². The Hall–Kier alpha value is 0.710. The Labute approximate surface area is 131 Å². The molecule has 0 unspecified atom stereocenters. The minimum absolute atomic E-state index is 0.158. The fraction of sp³-hybridized carbons (Fsp3) is 0.333. The van der Waals surface area contributed by atoms with Crippen LogP contribution in [0.5, 0.6) is 11.8 Å². The van der Waals surface area contributed by atoms with Crippen molar-refractivity contribution in [2.75, 3.05) is 0 Å². The van der Waals surface area contributed by atoms with Gasteiger partial charge in [0.25, 0.3) is 0 Å². The van der Waals surface area contributed by atoms with E-state index in [2.05, 4.69) is 9.97 Å². The number of rotatable bonds is 2. The van der Waals surface area contributed by atoms with Crippen LogP contribution in [0.15, 0.2) is 6.07 Å². The molecule has 1 rings (SSSR count). The van der Waals surface area contributed by atoms with Crippen molar-refractivity contribution in [3.8, 4) is 11.8 Å². The van der Waals surface area contributed by atoms with Gasteiger partial charge in [-0.15, -0.1) is 0 Å². The summed E-state index contributed by atoms with van der Waals surface area (Å²) in [6.07, 6.45) is 0. The Kier molecular flexibility index (Phi) is 5.36. The number of nitrogens with zero attached hydrogens (tertiary/aromatic N) is 2. The van der Waals surface area contributed by atoms with Gasteiger partial charge in [0.15, 0.2) is 0 Å². The average Bonchev–Trinajstić information content (AvgIpc) is 1.93. The molecule has 0 amide bonds. The molecule has 4 nitrogen and oxygen atoms in total. The second-order valence-electron chi connectivity index (χ2n) is 2.41. The van der Waals surface area contributed by atoms with Crippen molar-refractivity contribution in [3.05, 3.63) is 11.3 Å². The van der Waals surface area contributed by atoms with Gasteiger partial charge in [0.05, 0.1) is 6.07 Å². The first kappa shape index (κ1) is 15.8. The molecule has 0 aliphatic carbocycles.